The molecule has 2 aromatic carbocycles. The van der Waals surface area contributed by atoms with Gasteiger partial charge in [-0.05, 0) is 36.4 Å². The first-order valence-corrected chi connectivity index (χ1v) is 8.31. The van der Waals surface area contributed by atoms with Crippen LogP contribution in [-0.2, 0) is 10.0 Å². The van der Waals surface area contributed by atoms with Crippen molar-refractivity contribution in [3.63, 3.8) is 0 Å². The topological polar surface area (TPSA) is 67.8 Å². The number of rotatable bonds is 5. The molecule has 0 spiro atoms. The van der Waals surface area contributed by atoms with Crippen molar-refractivity contribution in [2.45, 2.75) is 4.90 Å². The molecule has 22 heavy (non-hydrogen) atoms. The van der Waals surface area contributed by atoms with Crippen molar-refractivity contribution in [1.82, 2.24) is 4.83 Å². The minimum absolute atomic E-state index is 0.0655. The summed E-state index contributed by atoms with van der Waals surface area (Å²) < 4.78 is 29.1. The molecule has 0 bridgehead atoms. The molecule has 116 valence electrons. The summed E-state index contributed by atoms with van der Waals surface area (Å²) >= 11 is 11.9. The number of hydrazone groups is 1. The van der Waals surface area contributed by atoms with Gasteiger partial charge in [-0.15, -0.1) is 0 Å². The van der Waals surface area contributed by atoms with E-state index in [1.54, 1.807) is 30.3 Å². The van der Waals surface area contributed by atoms with Gasteiger partial charge in [-0.1, -0.05) is 29.3 Å². The lowest BCUT2D eigenvalue weighted by molar-refractivity contribution is 0.414. The molecule has 0 radical (unpaired) electrons. The number of nitrogens with zero attached hydrogens (tertiary/aromatic N) is 1. The fourth-order valence-electron chi connectivity index (χ4n) is 1.60. The van der Waals surface area contributed by atoms with Gasteiger partial charge >= 0.3 is 0 Å². The Morgan fingerprint density at radius 1 is 1.09 bits per heavy atom. The molecule has 0 saturated heterocycles. The van der Waals surface area contributed by atoms with E-state index in [9.17, 15) is 8.42 Å². The number of benzene rings is 2. The highest BCUT2D eigenvalue weighted by Crippen LogP contribution is 2.22. The Labute approximate surface area is 138 Å². The number of hydrogen-bond acceptors (Lipinski definition) is 4. The summed E-state index contributed by atoms with van der Waals surface area (Å²) in [7, 11) is -2.27. The van der Waals surface area contributed by atoms with Gasteiger partial charge in [-0.25, -0.2) is 4.83 Å². The Kier molecular flexibility index (Phi) is 5.28. The second-order valence-electron chi connectivity index (χ2n) is 4.16. The summed E-state index contributed by atoms with van der Waals surface area (Å²) in [6.45, 7) is 0. The summed E-state index contributed by atoms with van der Waals surface area (Å²) in [4.78, 5) is 2.16. The van der Waals surface area contributed by atoms with Crippen LogP contribution in [0, 0.1) is 0 Å². The number of hydrogen-bond donors (Lipinski definition) is 1. The molecule has 5 nitrogen and oxygen atoms in total. The van der Waals surface area contributed by atoms with Crippen LogP contribution in [0.25, 0.3) is 0 Å². The van der Waals surface area contributed by atoms with E-state index in [4.69, 9.17) is 27.9 Å². The van der Waals surface area contributed by atoms with Gasteiger partial charge in [0, 0.05) is 5.56 Å². The smallest absolute Gasteiger partial charge is 0.276 e. The van der Waals surface area contributed by atoms with Crippen molar-refractivity contribution in [2.75, 3.05) is 7.11 Å². The lowest BCUT2D eigenvalue weighted by Gasteiger charge is -2.05. The monoisotopic (exact) mass is 358 g/mol. The molecular weight excluding hydrogens is 347 g/mol. The number of methoxy groups -OCH3 is 1. The van der Waals surface area contributed by atoms with Crippen LogP contribution in [0.15, 0.2) is 52.5 Å². The first-order valence-electron chi connectivity index (χ1n) is 6.07. The van der Waals surface area contributed by atoms with Gasteiger partial charge in [0.05, 0.1) is 28.3 Å². The summed E-state index contributed by atoms with van der Waals surface area (Å²) in [5.74, 6) is 0.560. The average Bonchev–Trinajstić information content (AvgIpc) is 2.50. The highest BCUT2D eigenvalue weighted by molar-refractivity contribution is 7.89. The molecule has 0 saturated carbocycles. The first kappa shape index (κ1) is 16.6. The van der Waals surface area contributed by atoms with Crippen LogP contribution in [0.5, 0.6) is 5.75 Å². The Balaban J connectivity index is 2.17. The highest BCUT2D eigenvalue weighted by atomic mass is 35.5. The van der Waals surface area contributed by atoms with E-state index in [1.807, 2.05) is 0 Å². The standard InChI is InChI=1S/C14H12Cl2N2O3S/c1-21-10-5-7-11(8-6-10)22(19,20)18-17-9-12-13(15)3-2-4-14(12)16/h2-9,18H,1H3. The predicted octanol–water partition coefficient (Wildman–Crippen LogP) is 3.31. The van der Waals surface area contributed by atoms with Crippen molar-refractivity contribution >= 4 is 39.4 Å². The zero-order valence-electron chi connectivity index (χ0n) is 11.5. The summed E-state index contributed by atoms with van der Waals surface area (Å²) in [6, 6.07) is 10.9. The molecule has 0 aliphatic rings. The molecule has 2 aromatic rings. The minimum atomic E-state index is -3.77. The van der Waals surface area contributed by atoms with E-state index in [-0.39, 0.29) is 4.90 Å². The molecule has 0 heterocycles. The van der Waals surface area contributed by atoms with E-state index in [1.165, 1.54) is 25.5 Å². The maximum absolute atomic E-state index is 12.1. The summed E-state index contributed by atoms with van der Waals surface area (Å²) in [6.07, 6.45) is 1.26. The Morgan fingerprint density at radius 3 is 2.23 bits per heavy atom. The molecular formula is C14H12Cl2N2O3S. The molecule has 8 heteroatoms. The molecule has 0 amide bonds. The number of sulfonamides is 1. The van der Waals surface area contributed by atoms with Crippen LogP contribution >= 0.6 is 23.2 Å². The SMILES string of the molecule is COc1ccc(S(=O)(=O)NN=Cc2c(Cl)cccc2Cl)cc1. The molecule has 0 aliphatic carbocycles. The number of ether oxygens (including phenoxy) is 1. The van der Waals surface area contributed by atoms with Gasteiger partial charge in [0.2, 0.25) is 0 Å². The Morgan fingerprint density at radius 2 is 1.68 bits per heavy atom. The van der Waals surface area contributed by atoms with Gasteiger partial charge < -0.3 is 4.74 Å². The van der Waals surface area contributed by atoms with E-state index in [0.29, 0.717) is 21.4 Å². The maximum atomic E-state index is 12.1. The molecule has 1 N–H and O–H groups in total. The van der Waals surface area contributed by atoms with Crippen LogP contribution in [0.1, 0.15) is 5.56 Å². The van der Waals surface area contributed by atoms with Crippen LogP contribution in [0.3, 0.4) is 0 Å². The van der Waals surface area contributed by atoms with Crippen molar-refractivity contribution in [2.24, 2.45) is 5.10 Å². The van der Waals surface area contributed by atoms with Crippen molar-refractivity contribution in [3.8, 4) is 5.75 Å². The predicted molar refractivity (Wildman–Crippen MR) is 87.4 cm³/mol. The number of nitrogens with one attached hydrogen (secondary N) is 1. The molecule has 0 aromatic heterocycles. The molecule has 0 fully saturated rings. The number of halogens is 2. The van der Waals surface area contributed by atoms with Gasteiger partial charge in [0.25, 0.3) is 10.0 Å². The fraction of sp³-hybridized carbons (Fsp3) is 0.0714. The lowest BCUT2D eigenvalue weighted by Crippen LogP contribution is -2.18. The van der Waals surface area contributed by atoms with E-state index in [2.05, 4.69) is 9.93 Å². The van der Waals surface area contributed by atoms with Crippen LogP contribution in [0.4, 0.5) is 0 Å². The quantitative estimate of drug-likeness (QED) is 0.658. The Bertz CT molecular complexity index is 770. The second-order valence-corrected chi connectivity index (χ2v) is 6.64. The largest absolute Gasteiger partial charge is 0.497 e. The molecule has 0 atom stereocenters. The van der Waals surface area contributed by atoms with Gasteiger partial charge in [0.1, 0.15) is 5.75 Å². The van der Waals surface area contributed by atoms with Gasteiger partial charge in [-0.2, -0.15) is 13.5 Å². The van der Waals surface area contributed by atoms with Gasteiger partial charge in [-0.3, -0.25) is 0 Å². The van der Waals surface area contributed by atoms with Gasteiger partial charge in [0.15, 0.2) is 0 Å². The van der Waals surface area contributed by atoms with Crippen LogP contribution < -0.4 is 9.57 Å². The zero-order chi connectivity index (χ0) is 16.2. The normalized spacial score (nSPS) is 11.6. The second kappa shape index (κ2) is 7.00. The van der Waals surface area contributed by atoms with E-state index >= 15 is 0 Å². The average molecular weight is 359 g/mol. The highest BCUT2D eigenvalue weighted by Gasteiger charge is 2.12. The summed E-state index contributed by atoms with van der Waals surface area (Å²) in [5, 5.41) is 4.44. The van der Waals surface area contributed by atoms with Crippen molar-refractivity contribution in [1.29, 1.82) is 0 Å². The van der Waals surface area contributed by atoms with E-state index < -0.39 is 10.0 Å². The third kappa shape index (κ3) is 3.91. The fourth-order valence-corrected chi connectivity index (χ4v) is 2.89. The minimum Gasteiger partial charge on any atom is -0.497 e. The molecule has 0 unspecified atom stereocenters. The molecule has 2 rings (SSSR count). The third-order valence-corrected chi connectivity index (χ3v) is 4.63. The maximum Gasteiger partial charge on any atom is 0.276 e. The van der Waals surface area contributed by atoms with Crippen molar-refractivity contribution in [3.05, 3.63) is 58.1 Å². The lowest BCUT2D eigenvalue weighted by atomic mass is 10.2. The van der Waals surface area contributed by atoms with Crippen LogP contribution in [-0.4, -0.2) is 21.7 Å². The molecule has 0 aliphatic heterocycles. The van der Waals surface area contributed by atoms with Crippen LogP contribution in [0.2, 0.25) is 10.0 Å². The van der Waals surface area contributed by atoms with Crippen molar-refractivity contribution < 1.29 is 13.2 Å². The first-order chi connectivity index (χ1) is 10.4. The third-order valence-electron chi connectivity index (χ3n) is 2.74. The zero-order valence-corrected chi connectivity index (χ0v) is 13.8. The van der Waals surface area contributed by atoms with E-state index in [0.717, 1.165) is 0 Å². The summed E-state index contributed by atoms with van der Waals surface area (Å²) in [5.41, 5.74) is 0.434. The Hall–Kier alpha value is -1.76.